The molecule has 0 aliphatic heterocycles. The number of carbonyl (C=O) groups is 1. The Morgan fingerprint density at radius 1 is 1.00 bits per heavy atom. The van der Waals surface area contributed by atoms with E-state index in [0.29, 0.717) is 6.42 Å². The van der Waals surface area contributed by atoms with Crippen molar-refractivity contribution in [3.63, 3.8) is 0 Å². The summed E-state index contributed by atoms with van der Waals surface area (Å²) in [6, 6.07) is 12.3. The predicted molar refractivity (Wildman–Crippen MR) is 103 cm³/mol. The SMILES string of the molecule is CC[C@@H](Oc1cc(C)ccc1C)C(=O)N[C@H](C)c1cc(C)ccc1C. The zero-order valence-electron chi connectivity index (χ0n) is 16.1. The van der Waals surface area contributed by atoms with Crippen molar-refractivity contribution in [3.05, 3.63) is 64.2 Å². The molecule has 0 unspecified atom stereocenters. The smallest absolute Gasteiger partial charge is 0.261 e. The van der Waals surface area contributed by atoms with Gasteiger partial charge < -0.3 is 10.1 Å². The van der Waals surface area contributed by atoms with Crippen molar-refractivity contribution in [2.45, 2.75) is 60.1 Å². The molecule has 134 valence electrons. The molecule has 0 radical (unpaired) electrons. The van der Waals surface area contributed by atoms with Crippen LogP contribution in [0, 0.1) is 27.7 Å². The normalized spacial score (nSPS) is 13.2. The van der Waals surface area contributed by atoms with Crippen LogP contribution in [0.15, 0.2) is 36.4 Å². The van der Waals surface area contributed by atoms with Gasteiger partial charge in [-0.05, 0) is 69.4 Å². The van der Waals surface area contributed by atoms with Gasteiger partial charge in [-0.3, -0.25) is 4.79 Å². The highest BCUT2D eigenvalue weighted by Crippen LogP contribution is 2.23. The Hall–Kier alpha value is -2.29. The molecular formula is C22H29NO2. The summed E-state index contributed by atoms with van der Waals surface area (Å²) in [6.07, 6.45) is 0.131. The summed E-state index contributed by atoms with van der Waals surface area (Å²) in [6.45, 7) is 12.1. The zero-order chi connectivity index (χ0) is 18.6. The number of aryl methyl sites for hydroxylation is 4. The first-order valence-electron chi connectivity index (χ1n) is 8.93. The standard InChI is InChI=1S/C22H29NO2/c1-7-20(25-21-13-15(3)9-11-17(21)5)22(24)23-18(6)19-12-14(2)8-10-16(19)4/h8-13,18,20H,7H2,1-6H3,(H,23,24)/t18-,20-/m1/s1. The Labute approximate surface area is 151 Å². The maximum atomic E-state index is 12.7. The maximum Gasteiger partial charge on any atom is 0.261 e. The number of hydrogen-bond acceptors (Lipinski definition) is 2. The lowest BCUT2D eigenvalue weighted by Gasteiger charge is -2.23. The van der Waals surface area contributed by atoms with Crippen LogP contribution in [0.3, 0.4) is 0 Å². The number of nitrogens with one attached hydrogen (secondary N) is 1. The molecule has 0 aromatic heterocycles. The van der Waals surface area contributed by atoms with Crippen molar-refractivity contribution < 1.29 is 9.53 Å². The van der Waals surface area contributed by atoms with Crippen LogP contribution in [0.4, 0.5) is 0 Å². The Morgan fingerprint density at radius 3 is 2.24 bits per heavy atom. The van der Waals surface area contributed by atoms with Crippen molar-refractivity contribution in [2.24, 2.45) is 0 Å². The molecule has 0 saturated carbocycles. The van der Waals surface area contributed by atoms with E-state index in [1.807, 2.05) is 45.9 Å². The summed E-state index contributed by atoms with van der Waals surface area (Å²) < 4.78 is 6.02. The minimum Gasteiger partial charge on any atom is -0.480 e. The molecule has 1 amide bonds. The van der Waals surface area contributed by atoms with E-state index >= 15 is 0 Å². The maximum absolute atomic E-state index is 12.7. The third kappa shape index (κ3) is 4.85. The molecule has 0 saturated heterocycles. The predicted octanol–water partition coefficient (Wildman–Crippen LogP) is 4.96. The van der Waals surface area contributed by atoms with E-state index in [1.165, 1.54) is 11.1 Å². The zero-order valence-corrected chi connectivity index (χ0v) is 16.1. The van der Waals surface area contributed by atoms with Crippen LogP contribution in [-0.2, 0) is 4.79 Å². The Kier molecular flexibility index (Phi) is 6.24. The third-order valence-electron chi connectivity index (χ3n) is 4.54. The van der Waals surface area contributed by atoms with E-state index in [0.717, 1.165) is 22.4 Å². The third-order valence-corrected chi connectivity index (χ3v) is 4.54. The fourth-order valence-electron chi connectivity index (χ4n) is 2.92. The van der Waals surface area contributed by atoms with E-state index in [1.54, 1.807) is 0 Å². The summed E-state index contributed by atoms with van der Waals surface area (Å²) in [5.74, 6) is 0.707. The molecule has 1 N–H and O–H groups in total. The highest BCUT2D eigenvalue weighted by atomic mass is 16.5. The number of ether oxygens (including phenoxy) is 1. The largest absolute Gasteiger partial charge is 0.480 e. The highest BCUT2D eigenvalue weighted by molar-refractivity contribution is 5.81. The van der Waals surface area contributed by atoms with Gasteiger partial charge in [0.2, 0.25) is 0 Å². The average Bonchev–Trinajstić information content (AvgIpc) is 2.57. The number of benzene rings is 2. The molecule has 25 heavy (non-hydrogen) atoms. The van der Waals surface area contributed by atoms with Gasteiger partial charge in [0.05, 0.1) is 6.04 Å². The van der Waals surface area contributed by atoms with Gasteiger partial charge in [0.1, 0.15) is 5.75 Å². The molecule has 2 aromatic rings. The van der Waals surface area contributed by atoms with Crippen LogP contribution < -0.4 is 10.1 Å². The first kappa shape index (κ1) is 19.0. The molecule has 2 rings (SSSR count). The lowest BCUT2D eigenvalue weighted by Crippen LogP contribution is -2.39. The lowest BCUT2D eigenvalue weighted by molar-refractivity contribution is -0.128. The van der Waals surface area contributed by atoms with E-state index < -0.39 is 6.10 Å². The van der Waals surface area contributed by atoms with Gasteiger partial charge in [0.15, 0.2) is 6.10 Å². The Morgan fingerprint density at radius 2 is 1.60 bits per heavy atom. The van der Waals surface area contributed by atoms with Gasteiger partial charge in [-0.1, -0.05) is 42.8 Å². The van der Waals surface area contributed by atoms with Crippen molar-refractivity contribution in [2.75, 3.05) is 0 Å². The van der Waals surface area contributed by atoms with Crippen LogP contribution in [0.2, 0.25) is 0 Å². The second-order valence-electron chi connectivity index (χ2n) is 6.87. The van der Waals surface area contributed by atoms with Crippen LogP contribution >= 0.6 is 0 Å². The van der Waals surface area contributed by atoms with Crippen molar-refractivity contribution in [1.29, 1.82) is 0 Å². The van der Waals surface area contributed by atoms with E-state index in [-0.39, 0.29) is 11.9 Å². The van der Waals surface area contributed by atoms with E-state index in [2.05, 4.69) is 37.4 Å². The molecule has 0 bridgehead atoms. The first-order chi connectivity index (χ1) is 11.8. The molecular weight excluding hydrogens is 310 g/mol. The number of carbonyl (C=O) groups excluding carboxylic acids is 1. The van der Waals surface area contributed by atoms with Gasteiger partial charge in [-0.2, -0.15) is 0 Å². The lowest BCUT2D eigenvalue weighted by atomic mass is 10.00. The van der Waals surface area contributed by atoms with Gasteiger partial charge in [0, 0.05) is 0 Å². The van der Waals surface area contributed by atoms with Gasteiger partial charge >= 0.3 is 0 Å². The molecule has 0 aliphatic rings. The quantitative estimate of drug-likeness (QED) is 0.808. The minimum atomic E-state index is -0.493. The minimum absolute atomic E-state index is 0.0522. The van der Waals surface area contributed by atoms with E-state index in [9.17, 15) is 4.79 Å². The van der Waals surface area contributed by atoms with Crippen molar-refractivity contribution in [3.8, 4) is 5.75 Å². The molecule has 0 aliphatic carbocycles. The molecule has 0 heterocycles. The summed E-state index contributed by atoms with van der Waals surface area (Å²) in [7, 11) is 0. The van der Waals surface area contributed by atoms with Gasteiger partial charge in [-0.15, -0.1) is 0 Å². The van der Waals surface area contributed by atoms with Gasteiger partial charge in [0.25, 0.3) is 5.91 Å². The van der Waals surface area contributed by atoms with Crippen molar-refractivity contribution in [1.82, 2.24) is 5.32 Å². The van der Waals surface area contributed by atoms with Crippen LogP contribution in [0.5, 0.6) is 5.75 Å². The fraction of sp³-hybridized carbons (Fsp3) is 0.409. The van der Waals surface area contributed by atoms with Gasteiger partial charge in [-0.25, -0.2) is 0 Å². The van der Waals surface area contributed by atoms with E-state index in [4.69, 9.17) is 4.74 Å². The molecule has 2 atom stereocenters. The second kappa shape index (κ2) is 8.19. The molecule has 3 heteroatoms. The topological polar surface area (TPSA) is 38.3 Å². The summed E-state index contributed by atoms with van der Waals surface area (Å²) in [5.41, 5.74) is 5.69. The highest BCUT2D eigenvalue weighted by Gasteiger charge is 2.22. The Balaban J connectivity index is 2.11. The van der Waals surface area contributed by atoms with Crippen LogP contribution in [0.1, 0.15) is 54.1 Å². The molecule has 3 nitrogen and oxygen atoms in total. The first-order valence-corrected chi connectivity index (χ1v) is 8.93. The summed E-state index contributed by atoms with van der Waals surface area (Å²) in [5, 5.41) is 3.11. The number of rotatable bonds is 6. The molecule has 2 aromatic carbocycles. The molecule has 0 fully saturated rings. The number of hydrogen-bond donors (Lipinski definition) is 1. The second-order valence-corrected chi connectivity index (χ2v) is 6.87. The van der Waals surface area contributed by atoms with Crippen LogP contribution in [0.25, 0.3) is 0 Å². The van der Waals surface area contributed by atoms with Crippen molar-refractivity contribution >= 4 is 5.91 Å². The Bertz CT molecular complexity index is 752. The summed E-state index contributed by atoms with van der Waals surface area (Å²) >= 11 is 0. The summed E-state index contributed by atoms with van der Waals surface area (Å²) in [4.78, 5) is 12.7. The molecule has 0 spiro atoms. The average molecular weight is 339 g/mol. The number of amides is 1. The van der Waals surface area contributed by atoms with Crippen LogP contribution in [-0.4, -0.2) is 12.0 Å². The monoisotopic (exact) mass is 339 g/mol. The fourth-order valence-corrected chi connectivity index (χ4v) is 2.92.